The average molecular weight is 388 g/mol. The van der Waals surface area contributed by atoms with Crippen molar-refractivity contribution in [3.05, 3.63) is 62.8 Å². The van der Waals surface area contributed by atoms with Crippen molar-refractivity contribution in [2.75, 3.05) is 5.32 Å². The van der Waals surface area contributed by atoms with Gasteiger partial charge in [-0.2, -0.15) is 0 Å². The number of carbonyl (C=O) groups is 1. The quantitative estimate of drug-likeness (QED) is 0.779. The summed E-state index contributed by atoms with van der Waals surface area (Å²) in [7, 11) is 0. The first-order valence-electron chi connectivity index (χ1n) is 5.73. The number of halogens is 3. The highest BCUT2D eigenvalue weighted by Gasteiger charge is 2.11. The Balaban J connectivity index is 2.27. The second kappa shape index (κ2) is 6.51. The summed E-state index contributed by atoms with van der Waals surface area (Å²) in [5.41, 5.74) is 6.26. The lowest BCUT2D eigenvalue weighted by Crippen LogP contribution is -2.15. The van der Waals surface area contributed by atoms with Crippen molar-refractivity contribution in [2.45, 2.75) is 0 Å². The monoisotopic (exact) mass is 386 g/mol. The van der Waals surface area contributed by atoms with Crippen LogP contribution in [0.4, 0.5) is 10.1 Å². The molecule has 3 nitrogen and oxygen atoms in total. The highest BCUT2D eigenvalue weighted by atomic mass is 79.9. The number of carbonyl (C=O) groups excluding carboxylic acids is 1. The van der Waals surface area contributed by atoms with E-state index in [1.807, 2.05) is 0 Å². The molecule has 0 fully saturated rings. The van der Waals surface area contributed by atoms with Crippen LogP contribution in [0.3, 0.4) is 0 Å². The number of nitrogens with one attached hydrogen (secondary N) is 1. The summed E-state index contributed by atoms with van der Waals surface area (Å²) in [4.78, 5) is 12.1. The first-order valence-corrected chi connectivity index (χ1v) is 7.31. The van der Waals surface area contributed by atoms with Crippen LogP contribution in [0.15, 0.2) is 40.9 Å². The molecule has 0 radical (unpaired) electrons. The van der Waals surface area contributed by atoms with Gasteiger partial charge in [0.2, 0.25) is 0 Å². The molecule has 0 saturated heterocycles. The SMILES string of the molecule is NC(=S)c1cc(NC(=O)c2cc(Cl)cc(Br)c2)ccc1F. The zero-order valence-electron chi connectivity index (χ0n) is 10.5. The number of amides is 1. The minimum absolute atomic E-state index is 0.0749. The average Bonchev–Trinajstić information content (AvgIpc) is 2.39. The molecule has 21 heavy (non-hydrogen) atoms. The Morgan fingerprint density at radius 3 is 2.62 bits per heavy atom. The highest BCUT2D eigenvalue weighted by Crippen LogP contribution is 2.21. The Morgan fingerprint density at radius 2 is 2.00 bits per heavy atom. The van der Waals surface area contributed by atoms with E-state index >= 15 is 0 Å². The van der Waals surface area contributed by atoms with E-state index in [0.29, 0.717) is 20.7 Å². The van der Waals surface area contributed by atoms with Gasteiger partial charge in [-0.25, -0.2) is 4.39 Å². The van der Waals surface area contributed by atoms with Crippen LogP contribution in [0.1, 0.15) is 15.9 Å². The van der Waals surface area contributed by atoms with E-state index in [1.54, 1.807) is 12.1 Å². The van der Waals surface area contributed by atoms with E-state index in [2.05, 4.69) is 21.2 Å². The molecule has 1 amide bonds. The maximum Gasteiger partial charge on any atom is 0.255 e. The van der Waals surface area contributed by atoms with Crippen LogP contribution in [-0.2, 0) is 0 Å². The van der Waals surface area contributed by atoms with Crippen LogP contribution in [0.25, 0.3) is 0 Å². The van der Waals surface area contributed by atoms with Gasteiger partial charge in [0, 0.05) is 26.3 Å². The smallest absolute Gasteiger partial charge is 0.255 e. The van der Waals surface area contributed by atoms with Crippen LogP contribution < -0.4 is 11.1 Å². The van der Waals surface area contributed by atoms with Crippen molar-refractivity contribution in [3.8, 4) is 0 Å². The Bertz CT molecular complexity index is 719. The summed E-state index contributed by atoms with van der Waals surface area (Å²) in [6.07, 6.45) is 0. The summed E-state index contributed by atoms with van der Waals surface area (Å²) in [6, 6.07) is 8.82. The lowest BCUT2D eigenvalue weighted by atomic mass is 10.1. The summed E-state index contributed by atoms with van der Waals surface area (Å²) in [5.74, 6) is -0.912. The molecular weight excluding hydrogens is 379 g/mol. The van der Waals surface area contributed by atoms with Gasteiger partial charge < -0.3 is 11.1 Å². The molecule has 0 atom stereocenters. The van der Waals surface area contributed by atoms with Crippen molar-refractivity contribution < 1.29 is 9.18 Å². The van der Waals surface area contributed by atoms with Gasteiger partial charge in [0.25, 0.3) is 5.91 Å². The zero-order chi connectivity index (χ0) is 15.6. The Hall–Kier alpha value is -1.50. The lowest BCUT2D eigenvalue weighted by Gasteiger charge is -2.08. The lowest BCUT2D eigenvalue weighted by molar-refractivity contribution is 0.102. The van der Waals surface area contributed by atoms with Gasteiger partial charge in [0.15, 0.2) is 0 Å². The van der Waals surface area contributed by atoms with Crippen LogP contribution in [-0.4, -0.2) is 10.9 Å². The maximum atomic E-state index is 13.5. The van der Waals surface area contributed by atoms with Gasteiger partial charge in [-0.1, -0.05) is 39.7 Å². The Labute approximate surface area is 139 Å². The minimum atomic E-state index is -0.536. The topological polar surface area (TPSA) is 55.1 Å². The number of hydrogen-bond donors (Lipinski definition) is 2. The van der Waals surface area contributed by atoms with E-state index in [0.717, 1.165) is 0 Å². The van der Waals surface area contributed by atoms with Crippen LogP contribution >= 0.6 is 39.7 Å². The first-order chi connectivity index (χ1) is 9.86. The Kier molecular flexibility index (Phi) is 4.92. The van der Waals surface area contributed by atoms with E-state index < -0.39 is 5.82 Å². The van der Waals surface area contributed by atoms with Gasteiger partial charge in [0.1, 0.15) is 10.8 Å². The molecule has 0 aliphatic rings. The molecule has 0 heterocycles. The molecule has 0 saturated carbocycles. The zero-order valence-corrected chi connectivity index (χ0v) is 13.7. The van der Waals surface area contributed by atoms with Gasteiger partial charge in [0.05, 0.1) is 0 Å². The fraction of sp³-hybridized carbons (Fsp3) is 0. The van der Waals surface area contributed by atoms with Gasteiger partial charge in [-0.15, -0.1) is 0 Å². The van der Waals surface area contributed by atoms with Crippen molar-refractivity contribution >= 4 is 56.3 Å². The van der Waals surface area contributed by atoms with E-state index in [1.165, 1.54) is 24.3 Å². The third-order valence-electron chi connectivity index (χ3n) is 2.61. The Morgan fingerprint density at radius 1 is 1.29 bits per heavy atom. The molecule has 108 valence electrons. The maximum absolute atomic E-state index is 13.5. The van der Waals surface area contributed by atoms with Gasteiger partial charge in [-0.3, -0.25) is 4.79 Å². The van der Waals surface area contributed by atoms with Gasteiger partial charge in [-0.05, 0) is 36.4 Å². The molecule has 0 unspecified atom stereocenters. The first kappa shape index (κ1) is 15.9. The standard InChI is InChI=1S/C14H9BrClFN2OS/c15-8-3-7(4-9(16)5-8)14(20)19-10-1-2-12(17)11(6-10)13(18)21/h1-6H,(H2,18,21)(H,19,20). The fourth-order valence-corrected chi connectivity index (χ4v) is 2.70. The summed E-state index contributed by atoms with van der Waals surface area (Å²) < 4.78 is 14.2. The van der Waals surface area contributed by atoms with Crippen molar-refractivity contribution in [1.82, 2.24) is 0 Å². The second-order valence-corrected chi connectivity index (χ2v) is 5.96. The number of hydrogen-bond acceptors (Lipinski definition) is 2. The van der Waals surface area contributed by atoms with Crippen molar-refractivity contribution in [3.63, 3.8) is 0 Å². The van der Waals surface area contributed by atoms with E-state index in [-0.39, 0.29) is 16.5 Å². The molecule has 2 rings (SSSR count). The summed E-state index contributed by atoms with van der Waals surface area (Å²) >= 11 is 13.9. The van der Waals surface area contributed by atoms with Crippen LogP contribution in [0.2, 0.25) is 5.02 Å². The molecule has 2 aromatic rings. The van der Waals surface area contributed by atoms with Crippen LogP contribution in [0.5, 0.6) is 0 Å². The number of benzene rings is 2. The molecule has 0 bridgehead atoms. The predicted octanol–water partition coefficient (Wildman–Crippen LogP) is 4.13. The summed E-state index contributed by atoms with van der Waals surface area (Å²) in [6.45, 7) is 0. The number of rotatable bonds is 3. The molecule has 0 aliphatic heterocycles. The minimum Gasteiger partial charge on any atom is -0.389 e. The van der Waals surface area contributed by atoms with E-state index in [9.17, 15) is 9.18 Å². The second-order valence-electron chi connectivity index (χ2n) is 4.17. The van der Waals surface area contributed by atoms with Gasteiger partial charge >= 0.3 is 0 Å². The fourth-order valence-electron chi connectivity index (χ4n) is 1.68. The molecular formula is C14H9BrClFN2OS. The van der Waals surface area contributed by atoms with Crippen molar-refractivity contribution in [2.24, 2.45) is 5.73 Å². The normalized spacial score (nSPS) is 10.2. The third-order valence-corrected chi connectivity index (χ3v) is 3.51. The number of thiocarbonyl (C=S) groups is 1. The molecule has 3 N–H and O–H groups in total. The summed E-state index contributed by atoms with van der Waals surface area (Å²) in [5, 5.41) is 3.06. The molecule has 0 aliphatic carbocycles. The molecule has 0 aromatic heterocycles. The van der Waals surface area contributed by atoms with Crippen molar-refractivity contribution in [1.29, 1.82) is 0 Å². The highest BCUT2D eigenvalue weighted by molar-refractivity contribution is 9.10. The molecule has 0 spiro atoms. The predicted molar refractivity (Wildman–Crippen MR) is 89.4 cm³/mol. The van der Waals surface area contributed by atoms with Crippen LogP contribution in [0, 0.1) is 5.82 Å². The molecule has 2 aromatic carbocycles. The van der Waals surface area contributed by atoms with E-state index in [4.69, 9.17) is 29.6 Å². The number of anilines is 1. The largest absolute Gasteiger partial charge is 0.389 e. The third kappa shape index (κ3) is 4.00. The number of nitrogens with two attached hydrogens (primary N) is 1. The molecule has 7 heteroatoms.